The van der Waals surface area contributed by atoms with Gasteiger partial charge >= 0.3 is 0 Å². The highest BCUT2D eigenvalue weighted by Crippen LogP contribution is 2.43. The maximum Gasteiger partial charge on any atom is 0.137 e. The molecule has 2 heterocycles. The van der Waals surface area contributed by atoms with Gasteiger partial charge in [-0.2, -0.15) is 0 Å². The maximum absolute atomic E-state index is 6.49. The molecule has 0 saturated heterocycles. The lowest BCUT2D eigenvalue weighted by molar-refractivity contribution is 0.669. The number of hydrogen-bond acceptors (Lipinski definition) is 3. The Balaban J connectivity index is 1.03. The molecule has 0 atom stereocenters. The lowest BCUT2D eigenvalue weighted by Gasteiger charge is -2.14. The van der Waals surface area contributed by atoms with Crippen molar-refractivity contribution in [2.45, 2.75) is 0 Å². The van der Waals surface area contributed by atoms with Crippen molar-refractivity contribution in [3.8, 4) is 44.5 Å². The van der Waals surface area contributed by atoms with E-state index in [0.29, 0.717) is 0 Å². The van der Waals surface area contributed by atoms with Gasteiger partial charge in [0.05, 0.1) is 11.1 Å². The highest BCUT2D eigenvalue weighted by molar-refractivity contribution is 7.25. The minimum absolute atomic E-state index is 0.862. The highest BCUT2D eigenvalue weighted by Gasteiger charge is 2.17. The van der Waals surface area contributed by atoms with Gasteiger partial charge in [-0.25, -0.2) is 0 Å². The van der Waals surface area contributed by atoms with Crippen molar-refractivity contribution in [3.05, 3.63) is 182 Å². The summed E-state index contributed by atoms with van der Waals surface area (Å²) in [7, 11) is 0. The van der Waals surface area contributed by atoms with E-state index in [-0.39, 0.29) is 0 Å². The largest absolute Gasteiger partial charge is 0.456 e. The Morgan fingerprint density at radius 1 is 0.353 bits per heavy atom. The zero-order valence-corrected chi connectivity index (χ0v) is 28.5. The second-order valence-electron chi connectivity index (χ2n) is 13.0. The van der Waals surface area contributed by atoms with E-state index >= 15 is 0 Å². The molecule has 0 aliphatic carbocycles. The van der Waals surface area contributed by atoms with Crippen molar-refractivity contribution < 1.29 is 4.42 Å². The smallest absolute Gasteiger partial charge is 0.137 e. The Hall–Kier alpha value is -6.42. The number of thiophene rings is 1. The molecule has 0 spiro atoms. The van der Waals surface area contributed by atoms with Crippen LogP contribution in [0.3, 0.4) is 0 Å². The van der Waals surface area contributed by atoms with Crippen molar-refractivity contribution in [3.63, 3.8) is 0 Å². The monoisotopic (exact) mass is 669 g/mol. The molecule has 0 fully saturated rings. The number of anilines is 2. The van der Waals surface area contributed by atoms with Crippen LogP contribution in [0.5, 0.6) is 0 Å². The fourth-order valence-electron chi connectivity index (χ4n) is 7.42. The number of para-hydroxylation sites is 1. The molecule has 0 bridgehead atoms. The summed E-state index contributed by atoms with van der Waals surface area (Å²) >= 11 is 1.85. The van der Waals surface area contributed by atoms with Crippen molar-refractivity contribution in [2.75, 3.05) is 5.32 Å². The minimum atomic E-state index is 0.862. The van der Waals surface area contributed by atoms with Crippen LogP contribution in [0, 0.1) is 0 Å². The van der Waals surface area contributed by atoms with E-state index in [0.717, 1.165) is 50.0 Å². The Morgan fingerprint density at radius 3 is 1.69 bits per heavy atom. The molecule has 0 unspecified atom stereocenters. The molecule has 51 heavy (non-hydrogen) atoms. The zero-order chi connectivity index (χ0) is 33.7. The molecule has 0 aliphatic rings. The number of nitrogens with one attached hydrogen (secondary N) is 1. The first-order chi connectivity index (χ1) is 25.3. The summed E-state index contributed by atoms with van der Waals surface area (Å²) in [5.41, 5.74) is 13.3. The zero-order valence-electron chi connectivity index (χ0n) is 27.6. The second kappa shape index (κ2) is 12.2. The van der Waals surface area contributed by atoms with E-state index < -0.39 is 0 Å². The van der Waals surface area contributed by atoms with E-state index in [1.165, 1.54) is 48.0 Å². The van der Waals surface area contributed by atoms with E-state index in [1.807, 2.05) is 11.3 Å². The van der Waals surface area contributed by atoms with E-state index in [2.05, 4.69) is 187 Å². The maximum atomic E-state index is 6.49. The third kappa shape index (κ3) is 5.18. The summed E-state index contributed by atoms with van der Waals surface area (Å²) in [6.07, 6.45) is 0. The molecule has 240 valence electrons. The van der Waals surface area contributed by atoms with E-state index in [4.69, 9.17) is 4.42 Å². The molecule has 10 rings (SSSR count). The molecular formula is C48H31NOS. The first kappa shape index (κ1) is 29.5. The Morgan fingerprint density at radius 2 is 0.902 bits per heavy atom. The van der Waals surface area contributed by atoms with Gasteiger partial charge in [0.25, 0.3) is 0 Å². The Labute approximate surface area is 299 Å². The van der Waals surface area contributed by atoms with Gasteiger partial charge in [-0.15, -0.1) is 11.3 Å². The van der Waals surface area contributed by atoms with Gasteiger partial charge < -0.3 is 9.73 Å². The lowest BCUT2D eigenvalue weighted by Crippen LogP contribution is -1.94. The number of hydrogen-bond donors (Lipinski definition) is 1. The normalized spacial score (nSPS) is 11.5. The molecule has 0 radical (unpaired) electrons. The number of fused-ring (bicyclic) bond motifs is 6. The summed E-state index contributed by atoms with van der Waals surface area (Å²) in [5, 5.41) is 8.63. The van der Waals surface area contributed by atoms with Crippen molar-refractivity contribution in [2.24, 2.45) is 0 Å². The number of rotatable bonds is 6. The molecule has 1 N–H and O–H groups in total. The molecule has 3 heteroatoms. The minimum Gasteiger partial charge on any atom is -0.456 e. The van der Waals surface area contributed by atoms with Gasteiger partial charge in [0, 0.05) is 36.8 Å². The van der Waals surface area contributed by atoms with Crippen LogP contribution >= 0.6 is 11.3 Å². The summed E-state index contributed by atoms with van der Waals surface area (Å²) in [6, 6.07) is 64.9. The molecule has 2 aromatic heterocycles. The molecule has 0 aliphatic heterocycles. The van der Waals surface area contributed by atoms with Crippen LogP contribution in [0.15, 0.2) is 186 Å². The standard InChI is InChI=1S/C48H31NOS/c1-2-10-31(11-3-1)32-20-22-33(23-21-32)34-24-26-35(27-25-34)38-14-8-17-43-47(38)48-42(16-9-18-44(48)50-43)49-41-15-6-4-12-37(41)36-28-29-46-40(30-36)39-13-5-7-19-45(39)51-46/h1-30,49H. The molecular weight excluding hydrogens is 639 g/mol. The predicted octanol–water partition coefficient (Wildman–Crippen LogP) is 14.4. The van der Waals surface area contributed by atoms with Gasteiger partial charge in [-0.3, -0.25) is 0 Å². The second-order valence-corrected chi connectivity index (χ2v) is 14.0. The number of furan rings is 1. The topological polar surface area (TPSA) is 25.2 Å². The van der Waals surface area contributed by atoms with Gasteiger partial charge in [0.1, 0.15) is 11.2 Å². The molecule has 10 aromatic rings. The van der Waals surface area contributed by atoms with Crippen LogP contribution in [0.4, 0.5) is 11.4 Å². The molecule has 2 nitrogen and oxygen atoms in total. The Kier molecular flexibility index (Phi) is 7.04. The van der Waals surface area contributed by atoms with Crippen LogP contribution in [0.25, 0.3) is 86.6 Å². The van der Waals surface area contributed by atoms with Crippen LogP contribution < -0.4 is 5.32 Å². The van der Waals surface area contributed by atoms with E-state index in [1.54, 1.807) is 0 Å². The lowest BCUT2D eigenvalue weighted by atomic mass is 9.95. The predicted molar refractivity (Wildman–Crippen MR) is 218 cm³/mol. The summed E-state index contributed by atoms with van der Waals surface area (Å²) in [6.45, 7) is 0. The fraction of sp³-hybridized carbons (Fsp3) is 0. The number of benzene rings is 8. The molecule has 0 saturated carbocycles. The van der Waals surface area contributed by atoms with Crippen LogP contribution in [0.1, 0.15) is 0 Å². The summed E-state index contributed by atoms with van der Waals surface area (Å²) < 4.78 is 9.11. The van der Waals surface area contributed by atoms with Crippen molar-refractivity contribution >= 4 is 64.8 Å². The van der Waals surface area contributed by atoms with Crippen LogP contribution in [-0.2, 0) is 0 Å². The SMILES string of the molecule is c1ccc(-c2ccc(-c3ccc(-c4cccc5oc6cccc(Nc7ccccc7-c7ccc8sc9ccccc9c8c7)c6c45)cc3)cc2)cc1. The van der Waals surface area contributed by atoms with Gasteiger partial charge in [0.2, 0.25) is 0 Å². The Bertz CT molecular complexity index is 2860. The van der Waals surface area contributed by atoms with Crippen molar-refractivity contribution in [1.29, 1.82) is 0 Å². The first-order valence-corrected chi connectivity index (χ1v) is 18.1. The average Bonchev–Trinajstić information content (AvgIpc) is 3.77. The third-order valence-electron chi connectivity index (χ3n) is 9.93. The molecule has 0 amide bonds. The third-order valence-corrected chi connectivity index (χ3v) is 11.1. The highest BCUT2D eigenvalue weighted by atomic mass is 32.1. The quantitative estimate of drug-likeness (QED) is 0.191. The van der Waals surface area contributed by atoms with Gasteiger partial charge in [0.15, 0.2) is 0 Å². The molecule has 8 aromatic carbocycles. The fourth-order valence-corrected chi connectivity index (χ4v) is 8.51. The van der Waals surface area contributed by atoms with Crippen molar-refractivity contribution in [1.82, 2.24) is 0 Å². The first-order valence-electron chi connectivity index (χ1n) is 17.3. The van der Waals surface area contributed by atoms with Crippen LogP contribution in [-0.4, -0.2) is 0 Å². The van der Waals surface area contributed by atoms with E-state index in [9.17, 15) is 0 Å². The average molecular weight is 670 g/mol. The van der Waals surface area contributed by atoms with Crippen LogP contribution in [0.2, 0.25) is 0 Å². The summed E-state index contributed by atoms with van der Waals surface area (Å²) in [4.78, 5) is 0. The summed E-state index contributed by atoms with van der Waals surface area (Å²) in [5.74, 6) is 0. The van der Waals surface area contributed by atoms with Gasteiger partial charge in [-0.1, -0.05) is 140 Å². The van der Waals surface area contributed by atoms with Gasteiger partial charge in [-0.05, 0) is 81.4 Å².